The van der Waals surface area contributed by atoms with Gasteiger partial charge in [0.25, 0.3) is 5.56 Å². The molecule has 1 saturated heterocycles. The summed E-state index contributed by atoms with van der Waals surface area (Å²) in [5.74, 6) is -0.139. The Hall–Kier alpha value is -2.68. The normalized spacial score (nSPS) is 14.5. The van der Waals surface area contributed by atoms with Crippen LogP contribution in [0.25, 0.3) is 11.4 Å². The van der Waals surface area contributed by atoms with E-state index in [-0.39, 0.29) is 16.9 Å². The van der Waals surface area contributed by atoms with Crippen LogP contribution in [0.4, 0.5) is 15.0 Å². The van der Waals surface area contributed by atoms with E-state index in [2.05, 4.69) is 15.0 Å². The number of aromatic nitrogens is 3. The van der Waals surface area contributed by atoms with Crippen LogP contribution in [0.3, 0.4) is 0 Å². The molecule has 1 aliphatic rings. The van der Waals surface area contributed by atoms with Crippen LogP contribution in [0.2, 0.25) is 5.02 Å². The van der Waals surface area contributed by atoms with Gasteiger partial charge in [0, 0.05) is 58.1 Å². The molecule has 0 aromatic carbocycles. The third-order valence-electron chi connectivity index (χ3n) is 4.08. The van der Waals surface area contributed by atoms with Crippen LogP contribution in [0.15, 0.2) is 23.1 Å². The van der Waals surface area contributed by atoms with Gasteiger partial charge in [0.15, 0.2) is 5.82 Å². The molecular weight excluding hydrogens is 363 g/mol. The van der Waals surface area contributed by atoms with Crippen LogP contribution in [-0.2, 0) is 0 Å². The Morgan fingerprint density at radius 2 is 2.00 bits per heavy atom. The Labute approximate surface area is 154 Å². The number of carbonyl (C=O) groups excluding carboxylic acids is 1. The Morgan fingerprint density at radius 3 is 2.62 bits per heavy atom. The number of nitrogens with zero attached hydrogens (tertiary/aromatic N) is 5. The number of piperazine rings is 1. The molecule has 138 valence electrons. The summed E-state index contributed by atoms with van der Waals surface area (Å²) in [6.07, 6.45) is 1.30. The SMILES string of the molecule is CN(C)C(=O)N1CCN(c2nc(-c3ccnc(F)c3)[nH]c(=O)c2Cl)CC1. The second kappa shape index (κ2) is 7.28. The van der Waals surface area contributed by atoms with Gasteiger partial charge >= 0.3 is 6.03 Å². The molecule has 0 saturated carbocycles. The quantitative estimate of drug-likeness (QED) is 0.796. The van der Waals surface area contributed by atoms with Crippen molar-refractivity contribution in [1.29, 1.82) is 0 Å². The molecule has 1 N–H and O–H groups in total. The van der Waals surface area contributed by atoms with E-state index >= 15 is 0 Å². The number of anilines is 1. The molecule has 2 amide bonds. The summed E-state index contributed by atoms with van der Waals surface area (Å²) in [6, 6.07) is 2.67. The lowest BCUT2D eigenvalue weighted by molar-refractivity contribution is 0.168. The number of hydrogen-bond acceptors (Lipinski definition) is 5. The Kier molecular flexibility index (Phi) is 5.08. The monoisotopic (exact) mass is 380 g/mol. The third kappa shape index (κ3) is 3.62. The number of carbonyl (C=O) groups is 1. The van der Waals surface area contributed by atoms with Crippen LogP contribution in [0.5, 0.6) is 0 Å². The van der Waals surface area contributed by atoms with Crippen molar-refractivity contribution in [1.82, 2.24) is 24.8 Å². The minimum Gasteiger partial charge on any atom is -0.352 e. The molecule has 1 aliphatic heterocycles. The first-order valence-corrected chi connectivity index (χ1v) is 8.37. The van der Waals surface area contributed by atoms with Crippen LogP contribution in [0, 0.1) is 5.95 Å². The Balaban J connectivity index is 1.87. The van der Waals surface area contributed by atoms with Gasteiger partial charge in [-0.1, -0.05) is 11.6 Å². The second-order valence-electron chi connectivity index (χ2n) is 6.07. The predicted molar refractivity (Wildman–Crippen MR) is 95.9 cm³/mol. The van der Waals surface area contributed by atoms with Crippen molar-refractivity contribution in [2.75, 3.05) is 45.2 Å². The zero-order valence-electron chi connectivity index (χ0n) is 14.4. The number of rotatable bonds is 2. The summed E-state index contributed by atoms with van der Waals surface area (Å²) in [5.41, 5.74) is -0.107. The van der Waals surface area contributed by atoms with E-state index in [1.165, 1.54) is 17.2 Å². The smallest absolute Gasteiger partial charge is 0.319 e. The number of H-pyrrole nitrogens is 1. The lowest BCUT2D eigenvalue weighted by Gasteiger charge is -2.36. The number of halogens is 2. The summed E-state index contributed by atoms with van der Waals surface area (Å²) in [6.45, 7) is 1.95. The lowest BCUT2D eigenvalue weighted by Crippen LogP contribution is -2.52. The second-order valence-corrected chi connectivity index (χ2v) is 6.45. The molecule has 2 aromatic heterocycles. The van der Waals surface area contributed by atoms with Gasteiger partial charge in [-0.15, -0.1) is 0 Å². The number of nitrogens with one attached hydrogen (secondary N) is 1. The van der Waals surface area contributed by atoms with Crippen LogP contribution >= 0.6 is 11.6 Å². The van der Waals surface area contributed by atoms with Crippen molar-refractivity contribution in [2.45, 2.75) is 0 Å². The summed E-state index contributed by atoms with van der Waals surface area (Å²) >= 11 is 6.14. The van der Waals surface area contributed by atoms with Gasteiger partial charge in [0.1, 0.15) is 10.8 Å². The standard InChI is InChI=1S/C16H18ClFN6O2/c1-22(2)16(26)24-7-5-23(6-8-24)14-12(17)15(25)21-13(20-14)10-3-4-19-11(18)9-10/h3-4,9H,5-8H2,1-2H3,(H,20,21,25). The molecule has 8 nitrogen and oxygen atoms in total. The molecule has 1 fully saturated rings. The van der Waals surface area contributed by atoms with Crippen molar-refractivity contribution >= 4 is 23.4 Å². The number of amides is 2. The molecule has 3 heterocycles. The Morgan fingerprint density at radius 1 is 1.31 bits per heavy atom. The molecule has 0 atom stereocenters. The van der Waals surface area contributed by atoms with E-state index in [1.807, 2.05) is 4.90 Å². The van der Waals surface area contributed by atoms with Gasteiger partial charge in [0.2, 0.25) is 5.95 Å². The maximum absolute atomic E-state index is 13.4. The van der Waals surface area contributed by atoms with Gasteiger partial charge in [0.05, 0.1) is 0 Å². The first-order valence-electron chi connectivity index (χ1n) is 7.99. The molecule has 10 heteroatoms. The average Bonchev–Trinajstić information content (AvgIpc) is 2.63. The van der Waals surface area contributed by atoms with Crippen molar-refractivity contribution < 1.29 is 9.18 Å². The molecular formula is C16H18ClFN6O2. The fourth-order valence-electron chi connectivity index (χ4n) is 2.74. The van der Waals surface area contributed by atoms with Crippen molar-refractivity contribution in [3.05, 3.63) is 39.7 Å². The zero-order chi connectivity index (χ0) is 18.8. The third-order valence-corrected chi connectivity index (χ3v) is 4.42. The van der Waals surface area contributed by atoms with Gasteiger partial charge < -0.3 is 19.7 Å². The largest absolute Gasteiger partial charge is 0.352 e. The minimum atomic E-state index is -0.669. The van der Waals surface area contributed by atoms with E-state index in [1.54, 1.807) is 25.1 Å². The highest BCUT2D eigenvalue weighted by Crippen LogP contribution is 2.24. The van der Waals surface area contributed by atoms with Crippen LogP contribution < -0.4 is 10.5 Å². The van der Waals surface area contributed by atoms with Crippen LogP contribution in [0.1, 0.15) is 0 Å². The van der Waals surface area contributed by atoms with Crippen molar-refractivity contribution in [2.24, 2.45) is 0 Å². The highest BCUT2D eigenvalue weighted by molar-refractivity contribution is 6.32. The summed E-state index contributed by atoms with van der Waals surface area (Å²) < 4.78 is 13.4. The fourth-order valence-corrected chi connectivity index (χ4v) is 2.94. The zero-order valence-corrected chi connectivity index (χ0v) is 15.1. The van der Waals surface area contributed by atoms with E-state index in [0.29, 0.717) is 37.6 Å². The predicted octanol–water partition coefficient (Wildman–Crippen LogP) is 1.43. The Bertz CT molecular complexity index is 879. The first-order chi connectivity index (χ1) is 12.4. The van der Waals surface area contributed by atoms with Gasteiger partial charge in [-0.2, -0.15) is 4.39 Å². The van der Waals surface area contributed by atoms with E-state index in [9.17, 15) is 14.0 Å². The molecule has 0 aliphatic carbocycles. The van der Waals surface area contributed by atoms with Gasteiger partial charge in [-0.05, 0) is 6.07 Å². The maximum Gasteiger partial charge on any atom is 0.319 e. The molecule has 2 aromatic rings. The molecule has 0 bridgehead atoms. The number of pyridine rings is 1. The average molecular weight is 381 g/mol. The van der Waals surface area contributed by atoms with Crippen molar-refractivity contribution in [3.63, 3.8) is 0 Å². The molecule has 3 rings (SSSR count). The number of hydrogen-bond donors (Lipinski definition) is 1. The minimum absolute atomic E-state index is 0.0318. The van der Waals surface area contributed by atoms with E-state index in [0.717, 1.165) is 0 Å². The highest BCUT2D eigenvalue weighted by Gasteiger charge is 2.25. The van der Waals surface area contributed by atoms with E-state index in [4.69, 9.17) is 11.6 Å². The highest BCUT2D eigenvalue weighted by atomic mass is 35.5. The maximum atomic E-state index is 13.4. The van der Waals surface area contributed by atoms with Crippen LogP contribution in [-0.4, -0.2) is 71.1 Å². The first kappa shape index (κ1) is 18.1. The molecule has 0 spiro atoms. The van der Waals surface area contributed by atoms with Crippen molar-refractivity contribution in [3.8, 4) is 11.4 Å². The number of urea groups is 1. The summed E-state index contributed by atoms with van der Waals surface area (Å²) in [5, 5.41) is -0.0318. The molecule has 0 radical (unpaired) electrons. The summed E-state index contributed by atoms with van der Waals surface area (Å²) in [4.78, 5) is 39.7. The van der Waals surface area contributed by atoms with E-state index < -0.39 is 11.5 Å². The number of aromatic amines is 1. The molecule has 0 unspecified atom stereocenters. The molecule has 26 heavy (non-hydrogen) atoms. The topological polar surface area (TPSA) is 85.4 Å². The van der Waals surface area contributed by atoms with Gasteiger partial charge in [-0.3, -0.25) is 4.79 Å². The fraction of sp³-hybridized carbons (Fsp3) is 0.375. The van der Waals surface area contributed by atoms with Gasteiger partial charge in [-0.25, -0.2) is 14.8 Å². The lowest BCUT2D eigenvalue weighted by atomic mass is 10.2. The summed E-state index contributed by atoms with van der Waals surface area (Å²) in [7, 11) is 3.40.